The summed E-state index contributed by atoms with van der Waals surface area (Å²) in [5.74, 6) is 0.629. The van der Waals surface area contributed by atoms with Gasteiger partial charge in [-0.15, -0.1) is 0 Å². The Balaban J connectivity index is 1.89. The molecule has 1 fully saturated rings. The number of thiophene rings is 1. The summed E-state index contributed by atoms with van der Waals surface area (Å²) < 4.78 is 11.5. The monoisotopic (exact) mass is 269 g/mol. The van der Waals surface area contributed by atoms with Gasteiger partial charge < -0.3 is 15.2 Å². The van der Waals surface area contributed by atoms with Gasteiger partial charge in [0.2, 0.25) is 0 Å². The summed E-state index contributed by atoms with van der Waals surface area (Å²) in [7, 11) is 0. The van der Waals surface area contributed by atoms with Crippen LogP contribution in [0.4, 0.5) is 0 Å². The topological polar surface area (TPSA) is 44.5 Å². The normalized spacial score (nSPS) is 20.8. The largest absolute Gasteiger partial charge is 0.381 e. The minimum Gasteiger partial charge on any atom is -0.381 e. The van der Waals surface area contributed by atoms with Crippen LogP contribution in [0.2, 0.25) is 0 Å². The first kappa shape index (κ1) is 14.0. The van der Waals surface area contributed by atoms with Crippen molar-refractivity contribution in [2.45, 2.75) is 38.3 Å². The minimum absolute atomic E-state index is 0.0455. The smallest absolute Gasteiger partial charge is 0.0983 e. The van der Waals surface area contributed by atoms with Crippen LogP contribution in [0.3, 0.4) is 0 Å². The highest BCUT2D eigenvalue weighted by atomic mass is 32.1. The molecule has 1 aliphatic rings. The zero-order valence-corrected chi connectivity index (χ0v) is 11.8. The highest BCUT2D eigenvalue weighted by molar-refractivity contribution is 7.07. The van der Waals surface area contributed by atoms with Crippen LogP contribution in [-0.2, 0) is 9.47 Å². The number of nitrogens with two attached hydrogens (primary N) is 1. The van der Waals surface area contributed by atoms with Crippen LogP contribution in [0.15, 0.2) is 16.8 Å². The average Bonchev–Trinajstić information content (AvgIpc) is 2.94. The minimum atomic E-state index is 0.0455. The standard InChI is InChI=1S/C14H23NO2S/c1-2-13(15)14(12-5-8-18-10-12)17-9-11-3-6-16-7-4-11/h5,8,10-11,13-14H,2-4,6-7,9,15H2,1H3. The molecule has 0 aromatic carbocycles. The van der Waals surface area contributed by atoms with E-state index >= 15 is 0 Å². The summed E-state index contributed by atoms with van der Waals surface area (Å²) in [6.07, 6.45) is 3.20. The first-order valence-corrected chi connectivity index (χ1v) is 7.72. The van der Waals surface area contributed by atoms with Crippen molar-refractivity contribution in [1.29, 1.82) is 0 Å². The first-order valence-electron chi connectivity index (χ1n) is 6.78. The maximum Gasteiger partial charge on any atom is 0.0983 e. The van der Waals surface area contributed by atoms with Crippen molar-refractivity contribution in [1.82, 2.24) is 0 Å². The van der Waals surface area contributed by atoms with E-state index in [0.717, 1.165) is 39.1 Å². The van der Waals surface area contributed by atoms with Gasteiger partial charge in [-0.25, -0.2) is 0 Å². The molecular weight excluding hydrogens is 246 g/mol. The third kappa shape index (κ3) is 3.79. The molecule has 2 heterocycles. The number of hydrogen-bond donors (Lipinski definition) is 1. The molecule has 0 radical (unpaired) electrons. The Labute approximate surface area is 113 Å². The number of hydrogen-bond acceptors (Lipinski definition) is 4. The van der Waals surface area contributed by atoms with Gasteiger partial charge in [0.05, 0.1) is 12.7 Å². The summed E-state index contributed by atoms with van der Waals surface area (Å²) in [6, 6.07) is 2.20. The fourth-order valence-electron chi connectivity index (χ4n) is 2.27. The number of ether oxygens (including phenoxy) is 2. The molecule has 0 amide bonds. The Morgan fingerprint density at radius 1 is 1.50 bits per heavy atom. The van der Waals surface area contributed by atoms with E-state index in [1.807, 2.05) is 0 Å². The molecule has 4 heteroatoms. The van der Waals surface area contributed by atoms with Crippen LogP contribution >= 0.6 is 11.3 Å². The molecular formula is C14H23NO2S. The lowest BCUT2D eigenvalue weighted by Crippen LogP contribution is -2.31. The maximum absolute atomic E-state index is 6.18. The predicted octanol–water partition coefficient (Wildman–Crippen LogP) is 2.97. The summed E-state index contributed by atoms with van der Waals surface area (Å²) in [5, 5.41) is 4.23. The molecule has 1 aliphatic heterocycles. The van der Waals surface area contributed by atoms with Gasteiger partial charge in [-0.1, -0.05) is 6.92 Å². The van der Waals surface area contributed by atoms with E-state index in [0.29, 0.717) is 5.92 Å². The van der Waals surface area contributed by atoms with Crippen molar-refractivity contribution in [3.05, 3.63) is 22.4 Å². The zero-order chi connectivity index (χ0) is 12.8. The van der Waals surface area contributed by atoms with E-state index in [9.17, 15) is 0 Å². The van der Waals surface area contributed by atoms with E-state index < -0.39 is 0 Å². The molecule has 0 spiro atoms. The maximum atomic E-state index is 6.18. The summed E-state index contributed by atoms with van der Waals surface area (Å²) in [6.45, 7) is 4.66. The van der Waals surface area contributed by atoms with Gasteiger partial charge in [0, 0.05) is 19.3 Å². The molecule has 0 bridgehead atoms. The van der Waals surface area contributed by atoms with Gasteiger partial charge in [0.15, 0.2) is 0 Å². The van der Waals surface area contributed by atoms with Crippen LogP contribution < -0.4 is 5.73 Å². The van der Waals surface area contributed by atoms with Crippen LogP contribution in [-0.4, -0.2) is 25.9 Å². The molecule has 2 atom stereocenters. The van der Waals surface area contributed by atoms with Gasteiger partial charge >= 0.3 is 0 Å². The molecule has 1 aromatic rings. The Morgan fingerprint density at radius 2 is 2.28 bits per heavy atom. The summed E-state index contributed by atoms with van der Waals surface area (Å²) in [5.41, 5.74) is 7.40. The lowest BCUT2D eigenvalue weighted by molar-refractivity contribution is -0.0210. The molecule has 2 rings (SSSR count). The highest BCUT2D eigenvalue weighted by Gasteiger charge is 2.22. The third-order valence-electron chi connectivity index (χ3n) is 3.58. The van der Waals surface area contributed by atoms with Gasteiger partial charge in [-0.3, -0.25) is 0 Å². The fourth-order valence-corrected chi connectivity index (χ4v) is 2.95. The lowest BCUT2D eigenvalue weighted by Gasteiger charge is -2.27. The second-order valence-corrected chi connectivity index (χ2v) is 5.72. The van der Waals surface area contributed by atoms with Crippen LogP contribution in [0.1, 0.15) is 37.9 Å². The molecule has 1 saturated heterocycles. The van der Waals surface area contributed by atoms with Crippen molar-refractivity contribution >= 4 is 11.3 Å². The van der Waals surface area contributed by atoms with Crippen molar-refractivity contribution < 1.29 is 9.47 Å². The van der Waals surface area contributed by atoms with Crippen LogP contribution in [0.25, 0.3) is 0 Å². The average molecular weight is 269 g/mol. The molecule has 0 saturated carbocycles. The van der Waals surface area contributed by atoms with E-state index in [-0.39, 0.29) is 12.1 Å². The van der Waals surface area contributed by atoms with Crippen molar-refractivity contribution in [2.24, 2.45) is 11.7 Å². The molecule has 2 unspecified atom stereocenters. The fraction of sp³-hybridized carbons (Fsp3) is 0.714. The van der Waals surface area contributed by atoms with Crippen LogP contribution in [0, 0.1) is 5.92 Å². The second kappa shape index (κ2) is 7.24. The second-order valence-electron chi connectivity index (χ2n) is 4.94. The molecule has 2 N–H and O–H groups in total. The summed E-state index contributed by atoms with van der Waals surface area (Å²) >= 11 is 1.70. The van der Waals surface area contributed by atoms with Gasteiger partial charge in [-0.2, -0.15) is 11.3 Å². The van der Waals surface area contributed by atoms with E-state index in [4.69, 9.17) is 15.2 Å². The van der Waals surface area contributed by atoms with Crippen molar-refractivity contribution in [2.75, 3.05) is 19.8 Å². The van der Waals surface area contributed by atoms with Crippen molar-refractivity contribution in [3.63, 3.8) is 0 Å². The van der Waals surface area contributed by atoms with Crippen LogP contribution in [0.5, 0.6) is 0 Å². The van der Waals surface area contributed by atoms with E-state index in [1.54, 1.807) is 11.3 Å². The quantitative estimate of drug-likeness (QED) is 0.863. The van der Waals surface area contributed by atoms with Gasteiger partial charge in [0.25, 0.3) is 0 Å². The first-order chi connectivity index (χ1) is 8.81. The highest BCUT2D eigenvalue weighted by Crippen LogP contribution is 2.26. The molecule has 102 valence electrons. The Hall–Kier alpha value is -0.420. The van der Waals surface area contributed by atoms with E-state index in [1.165, 1.54) is 5.56 Å². The predicted molar refractivity (Wildman–Crippen MR) is 74.8 cm³/mol. The Kier molecular flexibility index (Phi) is 5.63. The molecule has 18 heavy (non-hydrogen) atoms. The molecule has 1 aromatic heterocycles. The third-order valence-corrected chi connectivity index (χ3v) is 4.29. The zero-order valence-electron chi connectivity index (χ0n) is 11.0. The van der Waals surface area contributed by atoms with E-state index in [2.05, 4.69) is 23.8 Å². The van der Waals surface area contributed by atoms with Gasteiger partial charge in [0.1, 0.15) is 0 Å². The lowest BCUT2D eigenvalue weighted by atomic mass is 10.0. The summed E-state index contributed by atoms with van der Waals surface area (Å²) in [4.78, 5) is 0. The Morgan fingerprint density at radius 3 is 2.89 bits per heavy atom. The Bertz CT molecular complexity index is 323. The molecule has 0 aliphatic carbocycles. The SMILES string of the molecule is CCC(N)C(OCC1CCOCC1)c1ccsc1. The number of rotatable bonds is 6. The van der Waals surface area contributed by atoms with Crippen molar-refractivity contribution in [3.8, 4) is 0 Å². The molecule has 3 nitrogen and oxygen atoms in total. The van der Waals surface area contributed by atoms with Gasteiger partial charge in [-0.05, 0) is 47.6 Å².